The van der Waals surface area contributed by atoms with Gasteiger partial charge in [0.25, 0.3) is 0 Å². The first-order chi connectivity index (χ1) is 10.6. The molecule has 0 fully saturated rings. The molecule has 1 N–H and O–H groups in total. The lowest BCUT2D eigenvalue weighted by Gasteiger charge is -2.10. The number of benzene rings is 1. The van der Waals surface area contributed by atoms with Gasteiger partial charge in [0, 0.05) is 30.4 Å². The molecule has 1 aliphatic heterocycles. The van der Waals surface area contributed by atoms with Gasteiger partial charge in [0.15, 0.2) is 3.95 Å². The van der Waals surface area contributed by atoms with Crippen LogP contribution in [-0.2, 0) is 6.54 Å². The van der Waals surface area contributed by atoms with Crippen LogP contribution in [0.2, 0.25) is 0 Å². The molecule has 0 unspecified atom stereocenters. The lowest BCUT2D eigenvalue weighted by atomic mass is 10.1. The Morgan fingerprint density at radius 3 is 2.91 bits per heavy atom. The van der Waals surface area contributed by atoms with E-state index in [-0.39, 0.29) is 5.88 Å². The molecule has 6 heteroatoms. The van der Waals surface area contributed by atoms with Crippen LogP contribution in [0.1, 0.15) is 10.4 Å². The van der Waals surface area contributed by atoms with E-state index in [2.05, 4.69) is 9.89 Å². The molecular weight excluding hydrogens is 314 g/mol. The Bertz CT molecular complexity index is 815. The highest BCUT2D eigenvalue weighted by atomic mass is 32.1. The number of likely N-dealkylation sites (N-methyl/N-ethyl adjacent to an activating group) is 1. The van der Waals surface area contributed by atoms with Crippen LogP contribution in [0.25, 0.3) is 11.6 Å². The molecule has 1 aliphatic rings. The maximum Gasteiger partial charge on any atom is 0.210 e. The van der Waals surface area contributed by atoms with E-state index < -0.39 is 0 Å². The number of nitrogens with zero attached hydrogens (tertiary/aromatic N) is 3. The van der Waals surface area contributed by atoms with E-state index >= 15 is 0 Å². The summed E-state index contributed by atoms with van der Waals surface area (Å²) in [7, 11) is 4.00. The zero-order valence-electron chi connectivity index (χ0n) is 12.5. The Balaban J connectivity index is 1.95. The van der Waals surface area contributed by atoms with Crippen LogP contribution in [0, 0.1) is 3.95 Å². The van der Waals surface area contributed by atoms with Crippen molar-refractivity contribution in [1.82, 2.24) is 9.47 Å². The summed E-state index contributed by atoms with van der Waals surface area (Å²) in [6.45, 7) is 1.51. The fraction of sp³-hybridized carbons (Fsp3) is 0.250. The summed E-state index contributed by atoms with van der Waals surface area (Å²) >= 11 is 6.80. The molecule has 0 atom stereocenters. The van der Waals surface area contributed by atoms with Gasteiger partial charge in [-0.3, -0.25) is 9.56 Å². The lowest BCUT2D eigenvalue weighted by molar-refractivity contribution is 0.355. The molecule has 0 aliphatic carbocycles. The number of hydrogen-bond acceptors (Lipinski definition) is 5. The molecule has 2 aromatic rings. The van der Waals surface area contributed by atoms with Crippen LogP contribution >= 0.6 is 23.6 Å². The number of aromatic nitrogens is 1. The third-order valence-corrected chi connectivity index (χ3v) is 4.89. The predicted octanol–water partition coefficient (Wildman–Crippen LogP) is 3.80. The number of fused-ring (bicyclic) bond motifs is 1. The standard InChI is InChI=1S/C16H17N3OS2/c1-18(2)7-8-19-15(20)14(22-16(19)21)9-11-10-17-13-6-4-3-5-12(11)13/h3-6,9-10,20H,7-8H2,1-2H3/b11-9+. The minimum absolute atomic E-state index is 0.238. The molecule has 114 valence electrons. The number of thiazole rings is 1. The zero-order chi connectivity index (χ0) is 15.7. The first-order valence-corrected chi connectivity index (χ1v) is 8.21. The van der Waals surface area contributed by atoms with Gasteiger partial charge in [0.1, 0.15) is 0 Å². The Labute approximate surface area is 138 Å². The highest BCUT2D eigenvalue weighted by molar-refractivity contribution is 7.73. The van der Waals surface area contributed by atoms with E-state index in [9.17, 15) is 5.11 Å². The van der Waals surface area contributed by atoms with Gasteiger partial charge in [-0.25, -0.2) is 0 Å². The number of para-hydroxylation sites is 1. The molecule has 3 rings (SSSR count). The SMILES string of the molecule is CN(C)CCn1c(O)c(/C=C2\C=Nc3ccccc32)sc1=S. The summed E-state index contributed by atoms with van der Waals surface area (Å²) in [4.78, 5) is 7.23. The first-order valence-electron chi connectivity index (χ1n) is 6.99. The van der Waals surface area contributed by atoms with Crippen molar-refractivity contribution < 1.29 is 5.11 Å². The van der Waals surface area contributed by atoms with Crippen LogP contribution < -0.4 is 0 Å². The highest BCUT2D eigenvalue weighted by Gasteiger charge is 2.15. The zero-order valence-corrected chi connectivity index (χ0v) is 14.1. The maximum atomic E-state index is 10.4. The Kier molecular flexibility index (Phi) is 4.24. The van der Waals surface area contributed by atoms with Gasteiger partial charge < -0.3 is 10.0 Å². The lowest BCUT2D eigenvalue weighted by Crippen LogP contribution is -2.18. The van der Waals surface area contributed by atoms with E-state index in [4.69, 9.17) is 12.2 Å². The number of rotatable bonds is 4. The van der Waals surface area contributed by atoms with Crippen LogP contribution in [0.15, 0.2) is 29.3 Å². The fourth-order valence-corrected chi connectivity index (χ4v) is 3.61. The number of allylic oxidation sites excluding steroid dienone is 1. The van der Waals surface area contributed by atoms with Gasteiger partial charge in [-0.1, -0.05) is 18.2 Å². The quantitative estimate of drug-likeness (QED) is 0.866. The number of aliphatic imine (C=N–C) groups is 1. The van der Waals surface area contributed by atoms with Crippen molar-refractivity contribution in [1.29, 1.82) is 0 Å². The number of aromatic hydroxyl groups is 1. The summed E-state index contributed by atoms with van der Waals surface area (Å²) in [5.74, 6) is 0.238. The Hall–Kier alpha value is -1.76. The summed E-state index contributed by atoms with van der Waals surface area (Å²) in [6.07, 6.45) is 3.79. The second kappa shape index (κ2) is 6.16. The first kappa shape index (κ1) is 15.1. The highest BCUT2D eigenvalue weighted by Crippen LogP contribution is 2.35. The van der Waals surface area contributed by atoms with Gasteiger partial charge in [-0.15, -0.1) is 11.3 Å². The molecule has 0 saturated carbocycles. The molecule has 2 heterocycles. The van der Waals surface area contributed by atoms with Gasteiger partial charge in [0.05, 0.1) is 10.6 Å². The van der Waals surface area contributed by atoms with Crippen molar-refractivity contribution in [3.63, 3.8) is 0 Å². The van der Waals surface area contributed by atoms with Gasteiger partial charge in [0.2, 0.25) is 5.88 Å². The van der Waals surface area contributed by atoms with E-state index in [0.717, 1.165) is 28.2 Å². The molecule has 22 heavy (non-hydrogen) atoms. The molecule has 0 saturated heterocycles. The second-order valence-corrected chi connectivity index (χ2v) is 7.06. The van der Waals surface area contributed by atoms with Crippen LogP contribution in [0.4, 0.5) is 5.69 Å². The van der Waals surface area contributed by atoms with Crippen LogP contribution in [-0.4, -0.2) is 41.4 Å². The molecule has 0 radical (unpaired) electrons. The Morgan fingerprint density at radius 1 is 1.36 bits per heavy atom. The van der Waals surface area contributed by atoms with Crippen molar-refractivity contribution in [2.45, 2.75) is 6.54 Å². The monoisotopic (exact) mass is 331 g/mol. The normalized spacial score (nSPS) is 15.0. The van der Waals surface area contributed by atoms with Crippen LogP contribution in [0.3, 0.4) is 0 Å². The van der Waals surface area contributed by atoms with Crippen molar-refractivity contribution >= 4 is 47.1 Å². The average molecular weight is 331 g/mol. The van der Waals surface area contributed by atoms with E-state index in [1.165, 1.54) is 11.3 Å². The minimum atomic E-state index is 0.238. The van der Waals surface area contributed by atoms with Crippen molar-refractivity contribution in [2.75, 3.05) is 20.6 Å². The second-order valence-electron chi connectivity index (χ2n) is 5.39. The average Bonchev–Trinajstić information content (AvgIpc) is 3.00. The fourth-order valence-electron chi connectivity index (χ4n) is 2.30. The number of hydrogen-bond donors (Lipinski definition) is 1. The van der Waals surface area contributed by atoms with Crippen LogP contribution in [0.5, 0.6) is 5.88 Å². The maximum absolute atomic E-state index is 10.4. The smallest absolute Gasteiger partial charge is 0.210 e. The summed E-state index contributed by atoms with van der Waals surface area (Å²) in [6, 6.07) is 7.98. The summed E-state index contributed by atoms with van der Waals surface area (Å²) < 4.78 is 2.47. The molecular formula is C16H17N3OS2. The van der Waals surface area contributed by atoms with Crippen molar-refractivity contribution in [2.24, 2.45) is 4.99 Å². The molecule has 1 aromatic heterocycles. The van der Waals surface area contributed by atoms with Crippen molar-refractivity contribution in [3.05, 3.63) is 38.7 Å². The molecule has 1 aromatic carbocycles. The van der Waals surface area contributed by atoms with Gasteiger partial charge in [-0.2, -0.15) is 0 Å². The van der Waals surface area contributed by atoms with E-state index in [0.29, 0.717) is 10.5 Å². The third kappa shape index (κ3) is 2.90. The predicted molar refractivity (Wildman–Crippen MR) is 95.8 cm³/mol. The third-order valence-electron chi connectivity index (χ3n) is 3.51. The van der Waals surface area contributed by atoms with E-state index in [1.807, 2.05) is 50.7 Å². The Morgan fingerprint density at radius 2 is 2.14 bits per heavy atom. The summed E-state index contributed by atoms with van der Waals surface area (Å²) in [5, 5.41) is 10.4. The van der Waals surface area contributed by atoms with E-state index in [1.54, 1.807) is 4.57 Å². The minimum Gasteiger partial charge on any atom is -0.493 e. The largest absolute Gasteiger partial charge is 0.493 e. The molecule has 0 bridgehead atoms. The summed E-state index contributed by atoms with van der Waals surface area (Å²) in [5.41, 5.74) is 3.05. The van der Waals surface area contributed by atoms with Gasteiger partial charge in [-0.05, 0) is 38.5 Å². The molecule has 0 amide bonds. The van der Waals surface area contributed by atoms with Gasteiger partial charge >= 0.3 is 0 Å². The topological polar surface area (TPSA) is 40.8 Å². The molecule has 4 nitrogen and oxygen atoms in total. The molecule has 0 spiro atoms. The van der Waals surface area contributed by atoms with Crippen molar-refractivity contribution in [3.8, 4) is 5.88 Å².